The Bertz CT molecular complexity index is 790. The molecule has 23 heavy (non-hydrogen) atoms. The fourth-order valence-electron chi connectivity index (χ4n) is 3.00. The lowest BCUT2D eigenvalue weighted by Crippen LogP contribution is -2.43. The molecule has 0 bridgehead atoms. The molecule has 1 aliphatic heterocycles. The summed E-state index contributed by atoms with van der Waals surface area (Å²) >= 11 is 0. The Kier molecular flexibility index (Phi) is 4.18. The first kappa shape index (κ1) is 15.3. The number of hydrogen-bond acceptors (Lipinski definition) is 4. The van der Waals surface area contributed by atoms with Gasteiger partial charge in [0, 0.05) is 18.8 Å². The molecule has 2 atom stereocenters. The van der Waals surface area contributed by atoms with Crippen LogP contribution in [0.3, 0.4) is 0 Å². The molecule has 1 saturated heterocycles. The quantitative estimate of drug-likeness (QED) is 0.919. The highest BCUT2D eigenvalue weighted by atomic mass is 16.3. The van der Waals surface area contributed by atoms with Crippen molar-refractivity contribution in [2.24, 2.45) is 5.92 Å². The smallest absolute Gasteiger partial charge is 0.328 e. The number of carbonyl (C=O) groups is 1. The third-order valence-corrected chi connectivity index (χ3v) is 4.26. The summed E-state index contributed by atoms with van der Waals surface area (Å²) in [6.45, 7) is 2.69. The van der Waals surface area contributed by atoms with Crippen molar-refractivity contribution < 1.29 is 9.21 Å². The highest BCUT2D eigenvalue weighted by Crippen LogP contribution is 2.34. The number of furan rings is 1. The van der Waals surface area contributed by atoms with Crippen LogP contribution in [0.1, 0.15) is 31.6 Å². The summed E-state index contributed by atoms with van der Waals surface area (Å²) in [6.07, 6.45) is 4.69. The van der Waals surface area contributed by atoms with Crippen molar-refractivity contribution in [3.63, 3.8) is 0 Å². The van der Waals surface area contributed by atoms with E-state index in [0.29, 0.717) is 12.5 Å². The minimum absolute atomic E-state index is 0.0960. The number of likely N-dealkylation sites (tertiary alicyclic amines) is 1. The highest BCUT2D eigenvalue weighted by molar-refractivity contribution is 5.76. The van der Waals surface area contributed by atoms with Crippen LogP contribution in [0.25, 0.3) is 0 Å². The van der Waals surface area contributed by atoms with Gasteiger partial charge in [0.2, 0.25) is 5.91 Å². The predicted molar refractivity (Wildman–Crippen MR) is 82.9 cm³/mol. The van der Waals surface area contributed by atoms with Gasteiger partial charge in [0.05, 0.1) is 12.3 Å². The van der Waals surface area contributed by atoms with Gasteiger partial charge in [0.25, 0.3) is 5.56 Å². The summed E-state index contributed by atoms with van der Waals surface area (Å²) < 4.78 is 6.69. The lowest BCUT2D eigenvalue weighted by atomic mass is 9.91. The van der Waals surface area contributed by atoms with Crippen molar-refractivity contribution in [2.75, 3.05) is 6.54 Å². The fourth-order valence-corrected chi connectivity index (χ4v) is 3.00. The van der Waals surface area contributed by atoms with Crippen molar-refractivity contribution >= 4 is 5.91 Å². The molecule has 0 aliphatic carbocycles. The number of aromatic nitrogens is 2. The molecule has 122 valence electrons. The normalized spacial score (nSPS) is 21.3. The molecular weight excluding hydrogens is 298 g/mol. The summed E-state index contributed by atoms with van der Waals surface area (Å²) in [7, 11) is 0. The Morgan fingerprint density at radius 2 is 2.22 bits per heavy atom. The number of carbonyl (C=O) groups excluding carboxylic acids is 1. The first-order valence-corrected chi connectivity index (χ1v) is 7.67. The zero-order valence-electron chi connectivity index (χ0n) is 12.9. The topological polar surface area (TPSA) is 88.3 Å². The lowest BCUT2D eigenvalue weighted by Gasteiger charge is -2.37. The van der Waals surface area contributed by atoms with Crippen molar-refractivity contribution in [1.29, 1.82) is 0 Å². The lowest BCUT2D eigenvalue weighted by molar-refractivity contribution is -0.137. The minimum atomic E-state index is -0.578. The molecule has 2 aromatic rings. The summed E-state index contributed by atoms with van der Waals surface area (Å²) in [6, 6.07) is 4.80. The minimum Gasteiger partial charge on any atom is -0.467 e. The number of hydrogen-bond donors (Lipinski definition) is 1. The Labute approximate surface area is 132 Å². The van der Waals surface area contributed by atoms with E-state index in [-0.39, 0.29) is 18.5 Å². The van der Waals surface area contributed by atoms with Crippen LogP contribution in [0.5, 0.6) is 0 Å². The van der Waals surface area contributed by atoms with Crippen molar-refractivity contribution in [1.82, 2.24) is 14.5 Å². The maximum absolute atomic E-state index is 12.6. The van der Waals surface area contributed by atoms with E-state index in [0.717, 1.165) is 18.6 Å². The molecule has 1 aliphatic rings. The monoisotopic (exact) mass is 317 g/mol. The van der Waals surface area contributed by atoms with Gasteiger partial charge in [-0.25, -0.2) is 4.79 Å². The van der Waals surface area contributed by atoms with E-state index >= 15 is 0 Å². The Balaban J connectivity index is 1.81. The molecule has 0 saturated carbocycles. The largest absolute Gasteiger partial charge is 0.467 e. The first-order chi connectivity index (χ1) is 11.0. The second-order valence-corrected chi connectivity index (χ2v) is 5.99. The molecule has 3 heterocycles. The number of H-pyrrole nitrogens is 1. The summed E-state index contributed by atoms with van der Waals surface area (Å²) in [5, 5.41) is 0. The maximum Gasteiger partial charge on any atom is 0.328 e. The molecule has 1 amide bonds. The Morgan fingerprint density at radius 3 is 2.91 bits per heavy atom. The summed E-state index contributed by atoms with van der Waals surface area (Å²) in [5.74, 6) is 1.11. The predicted octanol–water partition coefficient (Wildman–Crippen LogP) is 1.13. The molecule has 0 radical (unpaired) electrons. The van der Waals surface area contributed by atoms with Gasteiger partial charge in [-0.3, -0.25) is 19.1 Å². The number of amides is 1. The number of piperidine rings is 1. The molecule has 0 spiro atoms. The zero-order valence-corrected chi connectivity index (χ0v) is 12.9. The van der Waals surface area contributed by atoms with E-state index < -0.39 is 11.2 Å². The molecular formula is C16H19N3O4. The van der Waals surface area contributed by atoms with E-state index in [1.54, 1.807) is 11.2 Å². The molecule has 0 unspecified atom stereocenters. The molecule has 2 aromatic heterocycles. The van der Waals surface area contributed by atoms with Crippen molar-refractivity contribution in [3.05, 3.63) is 57.3 Å². The molecule has 7 nitrogen and oxygen atoms in total. The SMILES string of the molecule is C[C@@H]1CCN(C(=O)Cn2ccc(=O)[nH]c2=O)[C@@H](c2ccco2)C1. The van der Waals surface area contributed by atoms with Gasteiger partial charge < -0.3 is 9.32 Å². The summed E-state index contributed by atoms with van der Waals surface area (Å²) in [4.78, 5) is 39.4. The molecule has 1 N–H and O–H groups in total. The average Bonchev–Trinajstić information content (AvgIpc) is 3.04. The molecule has 7 heteroatoms. The molecule has 0 aromatic carbocycles. The van der Waals surface area contributed by atoms with Gasteiger partial charge in [0.15, 0.2) is 0 Å². The van der Waals surface area contributed by atoms with Crippen LogP contribution in [0.2, 0.25) is 0 Å². The van der Waals surface area contributed by atoms with E-state index in [2.05, 4.69) is 11.9 Å². The standard InChI is InChI=1S/C16H19N3O4/c1-11-4-7-19(12(9-11)13-3-2-8-23-13)15(21)10-18-6-5-14(20)17-16(18)22/h2-3,5-6,8,11-12H,4,7,9-10H2,1H3,(H,17,20,22)/t11-,12-/m1/s1. The van der Waals surface area contributed by atoms with Crippen LogP contribution in [0.15, 0.2) is 44.7 Å². The second kappa shape index (κ2) is 6.28. The Morgan fingerprint density at radius 1 is 1.39 bits per heavy atom. The van der Waals surface area contributed by atoms with Gasteiger partial charge in [-0.1, -0.05) is 6.92 Å². The van der Waals surface area contributed by atoms with Crippen molar-refractivity contribution in [3.8, 4) is 0 Å². The van der Waals surface area contributed by atoms with Gasteiger partial charge >= 0.3 is 5.69 Å². The van der Waals surface area contributed by atoms with Crippen LogP contribution in [-0.2, 0) is 11.3 Å². The van der Waals surface area contributed by atoms with Crippen LogP contribution in [-0.4, -0.2) is 26.9 Å². The van der Waals surface area contributed by atoms with Gasteiger partial charge in [-0.05, 0) is 30.9 Å². The van der Waals surface area contributed by atoms with E-state index in [9.17, 15) is 14.4 Å². The average molecular weight is 317 g/mol. The van der Waals surface area contributed by atoms with Crippen LogP contribution in [0, 0.1) is 5.92 Å². The first-order valence-electron chi connectivity index (χ1n) is 7.67. The zero-order chi connectivity index (χ0) is 16.4. The van der Waals surface area contributed by atoms with Crippen LogP contribution in [0.4, 0.5) is 0 Å². The van der Waals surface area contributed by atoms with E-state index in [1.165, 1.54) is 16.8 Å². The van der Waals surface area contributed by atoms with Crippen LogP contribution < -0.4 is 11.2 Å². The van der Waals surface area contributed by atoms with E-state index in [1.807, 2.05) is 12.1 Å². The number of aromatic amines is 1. The maximum atomic E-state index is 12.6. The van der Waals surface area contributed by atoms with Gasteiger partial charge in [-0.2, -0.15) is 0 Å². The third kappa shape index (κ3) is 3.28. The van der Waals surface area contributed by atoms with E-state index in [4.69, 9.17) is 4.42 Å². The fraction of sp³-hybridized carbons (Fsp3) is 0.438. The number of nitrogens with zero attached hydrogens (tertiary/aromatic N) is 2. The highest BCUT2D eigenvalue weighted by Gasteiger charge is 2.32. The number of rotatable bonds is 3. The van der Waals surface area contributed by atoms with Crippen LogP contribution >= 0.6 is 0 Å². The second-order valence-electron chi connectivity index (χ2n) is 5.99. The third-order valence-electron chi connectivity index (χ3n) is 4.26. The Hall–Kier alpha value is -2.57. The molecule has 3 rings (SSSR count). The summed E-state index contributed by atoms with van der Waals surface area (Å²) in [5.41, 5.74) is -1.05. The van der Waals surface area contributed by atoms with Gasteiger partial charge in [-0.15, -0.1) is 0 Å². The van der Waals surface area contributed by atoms with Crippen molar-refractivity contribution in [2.45, 2.75) is 32.4 Å². The molecule has 1 fully saturated rings. The number of nitrogens with one attached hydrogen (secondary N) is 1. The van der Waals surface area contributed by atoms with Gasteiger partial charge in [0.1, 0.15) is 12.3 Å².